The summed E-state index contributed by atoms with van der Waals surface area (Å²) in [4.78, 5) is 13.1. The van der Waals surface area contributed by atoms with Gasteiger partial charge in [-0.05, 0) is 50.7 Å². The summed E-state index contributed by atoms with van der Waals surface area (Å²) in [5.41, 5.74) is 1.27. The summed E-state index contributed by atoms with van der Waals surface area (Å²) in [6.45, 7) is 2.03. The summed E-state index contributed by atoms with van der Waals surface area (Å²) in [7, 11) is 0. The van der Waals surface area contributed by atoms with Gasteiger partial charge in [0.05, 0.1) is 16.6 Å². The summed E-state index contributed by atoms with van der Waals surface area (Å²) in [6.07, 6.45) is 2.72. The van der Waals surface area contributed by atoms with Crippen LogP contribution in [0.3, 0.4) is 0 Å². The number of hydrogen-bond acceptors (Lipinski definition) is 2. The molecular formula is C24H28ClF4NO2. The maximum atomic E-state index is 14.1. The Hall–Kier alpha value is -1.60. The molecule has 4 rings (SSSR count). The van der Waals surface area contributed by atoms with Crippen molar-refractivity contribution in [3.05, 3.63) is 35.0 Å². The largest absolute Gasteiger partial charge is 0.376 e. The lowest BCUT2D eigenvalue weighted by Crippen LogP contribution is -2.39. The summed E-state index contributed by atoms with van der Waals surface area (Å²) in [5.74, 6) is -8.47. The van der Waals surface area contributed by atoms with Crippen molar-refractivity contribution in [1.29, 1.82) is 0 Å². The van der Waals surface area contributed by atoms with Gasteiger partial charge in [-0.3, -0.25) is 4.79 Å². The fourth-order valence-corrected chi connectivity index (χ4v) is 5.46. The standard InChI is InChI=1S/C24H28ClF4NO2/c1-23(26,27)16-10-15(11-24(28,29)12-16)7-8-21(31)18-14-30(13-17-4-3-9-32-17)20-6-2-5-19(25)22(18)20/h2,5-6,14-17H,3-4,7-13H2,1H3. The Kier molecular flexibility index (Phi) is 6.61. The van der Waals surface area contributed by atoms with Crippen molar-refractivity contribution >= 4 is 28.3 Å². The quantitative estimate of drug-likeness (QED) is 0.316. The second-order valence-corrected chi connectivity index (χ2v) is 9.85. The third-order valence-corrected chi connectivity index (χ3v) is 7.14. The van der Waals surface area contributed by atoms with Crippen molar-refractivity contribution in [1.82, 2.24) is 4.57 Å². The van der Waals surface area contributed by atoms with Crippen LogP contribution < -0.4 is 0 Å². The first-order chi connectivity index (χ1) is 15.0. The molecule has 0 N–H and O–H groups in total. The van der Waals surface area contributed by atoms with Gasteiger partial charge in [0.2, 0.25) is 11.8 Å². The number of hydrogen-bond donors (Lipinski definition) is 0. The van der Waals surface area contributed by atoms with Crippen LogP contribution in [-0.4, -0.2) is 34.9 Å². The average molecular weight is 474 g/mol. The van der Waals surface area contributed by atoms with Crippen molar-refractivity contribution in [2.45, 2.75) is 76.4 Å². The maximum absolute atomic E-state index is 14.1. The van der Waals surface area contributed by atoms with Crippen LogP contribution in [0.2, 0.25) is 5.02 Å². The molecule has 0 amide bonds. The van der Waals surface area contributed by atoms with E-state index in [9.17, 15) is 22.4 Å². The van der Waals surface area contributed by atoms with E-state index < -0.39 is 36.5 Å². The van der Waals surface area contributed by atoms with E-state index in [-0.39, 0.29) is 31.1 Å². The zero-order valence-corrected chi connectivity index (χ0v) is 18.8. The number of alkyl halides is 4. The lowest BCUT2D eigenvalue weighted by atomic mass is 9.74. The van der Waals surface area contributed by atoms with E-state index in [1.165, 1.54) is 0 Å². The van der Waals surface area contributed by atoms with E-state index >= 15 is 0 Å². The molecule has 8 heteroatoms. The van der Waals surface area contributed by atoms with Crippen LogP contribution >= 0.6 is 11.6 Å². The van der Waals surface area contributed by atoms with Gasteiger partial charge in [-0.2, -0.15) is 0 Å². The zero-order chi connectivity index (χ0) is 23.1. The number of fused-ring (bicyclic) bond motifs is 1. The Morgan fingerprint density at radius 2 is 2.09 bits per heavy atom. The Labute approximate surface area is 190 Å². The molecular weight excluding hydrogens is 446 g/mol. The molecule has 0 radical (unpaired) electrons. The number of halogens is 5. The van der Waals surface area contributed by atoms with Crippen LogP contribution in [0.5, 0.6) is 0 Å². The second-order valence-electron chi connectivity index (χ2n) is 9.45. The van der Waals surface area contributed by atoms with Gasteiger partial charge in [-0.1, -0.05) is 17.7 Å². The van der Waals surface area contributed by atoms with Gasteiger partial charge in [0.25, 0.3) is 0 Å². The van der Waals surface area contributed by atoms with Gasteiger partial charge >= 0.3 is 0 Å². The lowest BCUT2D eigenvalue weighted by Gasteiger charge is -2.37. The minimum atomic E-state index is -3.16. The van der Waals surface area contributed by atoms with Gasteiger partial charge < -0.3 is 9.30 Å². The normalized spacial score (nSPS) is 26.0. The Morgan fingerprint density at radius 3 is 2.78 bits per heavy atom. The molecule has 1 aromatic carbocycles. The highest BCUT2D eigenvalue weighted by Crippen LogP contribution is 2.47. The van der Waals surface area contributed by atoms with Gasteiger partial charge in [0.15, 0.2) is 5.78 Å². The molecule has 2 aromatic rings. The number of Topliss-reactive ketones (excluding diaryl/α,β-unsaturated/α-hetero) is 1. The van der Waals surface area contributed by atoms with Crippen LogP contribution in [0.4, 0.5) is 17.6 Å². The van der Waals surface area contributed by atoms with Crippen molar-refractivity contribution in [3.63, 3.8) is 0 Å². The third-order valence-electron chi connectivity index (χ3n) is 6.83. The minimum absolute atomic E-state index is 0.00784. The van der Waals surface area contributed by atoms with Crippen LogP contribution in [0.15, 0.2) is 24.4 Å². The highest BCUT2D eigenvalue weighted by Gasteiger charge is 2.48. The smallest absolute Gasteiger partial charge is 0.248 e. The predicted molar refractivity (Wildman–Crippen MR) is 116 cm³/mol. The van der Waals surface area contributed by atoms with Gasteiger partial charge in [0, 0.05) is 55.5 Å². The first-order valence-electron chi connectivity index (χ1n) is 11.2. The molecule has 2 fully saturated rings. The molecule has 1 saturated heterocycles. The number of carbonyl (C=O) groups excluding carboxylic acids is 1. The fraction of sp³-hybridized carbons (Fsp3) is 0.625. The SMILES string of the molecule is CC(F)(F)C1CC(CCC(=O)c2cn(CC3CCCO3)c3cccc(Cl)c23)CC(F)(F)C1. The number of aromatic nitrogens is 1. The average Bonchev–Trinajstić information content (AvgIpc) is 3.34. The molecule has 1 aliphatic heterocycles. The molecule has 1 aromatic heterocycles. The molecule has 3 nitrogen and oxygen atoms in total. The van der Waals surface area contributed by atoms with Gasteiger partial charge in [-0.25, -0.2) is 17.6 Å². The summed E-state index contributed by atoms with van der Waals surface area (Å²) in [6, 6.07) is 5.43. The van der Waals surface area contributed by atoms with E-state index in [4.69, 9.17) is 16.3 Å². The fourth-order valence-electron chi connectivity index (χ4n) is 5.19. The number of benzene rings is 1. The predicted octanol–water partition coefficient (Wildman–Crippen LogP) is 7.14. The van der Waals surface area contributed by atoms with Crippen LogP contribution in [0.1, 0.15) is 62.2 Å². The van der Waals surface area contributed by atoms with Crippen LogP contribution in [-0.2, 0) is 11.3 Å². The van der Waals surface area contributed by atoms with Crippen molar-refractivity contribution < 1.29 is 27.1 Å². The number of ketones is 1. The minimum Gasteiger partial charge on any atom is -0.376 e. The monoisotopic (exact) mass is 473 g/mol. The Morgan fingerprint density at radius 1 is 1.31 bits per heavy atom. The second kappa shape index (κ2) is 8.98. The molecule has 3 atom stereocenters. The first-order valence-corrected chi connectivity index (χ1v) is 11.6. The molecule has 0 bridgehead atoms. The summed E-state index contributed by atoms with van der Waals surface area (Å²) >= 11 is 6.41. The first kappa shape index (κ1) is 23.6. The maximum Gasteiger partial charge on any atom is 0.248 e. The van der Waals surface area contributed by atoms with E-state index in [0.717, 1.165) is 25.0 Å². The number of nitrogens with zero attached hydrogens (tertiary/aromatic N) is 1. The van der Waals surface area contributed by atoms with Crippen LogP contribution in [0.25, 0.3) is 10.9 Å². The zero-order valence-electron chi connectivity index (χ0n) is 18.1. The van der Waals surface area contributed by atoms with E-state index in [1.807, 2.05) is 16.7 Å². The third kappa shape index (κ3) is 5.14. The number of carbonyl (C=O) groups is 1. The Bertz CT molecular complexity index is 978. The molecule has 0 spiro atoms. The molecule has 1 saturated carbocycles. The van der Waals surface area contributed by atoms with Crippen molar-refractivity contribution in [3.8, 4) is 0 Å². The van der Waals surface area contributed by atoms with E-state index in [2.05, 4.69) is 0 Å². The van der Waals surface area contributed by atoms with Crippen LogP contribution in [0, 0.1) is 11.8 Å². The molecule has 32 heavy (non-hydrogen) atoms. The topological polar surface area (TPSA) is 31.2 Å². The molecule has 2 aliphatic rings. The van der Waals surface area contributed by atoms with Gasteiger partial charge in [0.1, 0.15) is 0 Å². The van der Waals surface area contributed by atoms with Crippen molar-refractivity contribution in [2.75, 3.05) is 6.61 Å². The van der Waals surface area contributed by atoms with E-state index in [1.54, 1.807) is 12.3 Å². The van der Waals surface area contributed by atoms with Crippen molar-refractivity contribution in [2.24, 2.45) is 11.8 Å². The Balaban J connectivity index is 1.51. The highest BCUT2D eigenvalue weighted by atomic mass is 35.5. The lowest BCUT2D eigenvalue weighted by molar-refractivity contribution is -0.137. The highest BCUT2D eigenvalue weighted by molar-refractivity contribution is 6.37. The number of ether oxygens (including phenoxy) is 1. The van der Waals surface area contributed by atoms with Gasteiger partial charge in [-0.15, -0.1) is 0 Å². The molecule has 2 heterocycles. The number of rotatable bonds is 7. The van der Waals surface area contributed by atoms with E-state index in [0.29, 0.717) is 29.4 Å². The summed E-state index contributed by atoms with van der Waals surface area (Å²) < 4.78 is 63.4. The molecule has 1 aliphatic carbocycles. The summed E-state index contributed by atoms with van der Waals surface area (Å²) in [5, 5.41) is 1.09. The molecule has 176 valence electrons. The molecule has 3 unspecified atom stereocenters.